The summed E-state index contributed by atoms with van der Waals surface area (Å²) in [6.07, 6.45) is 3.19. The number of ether oxygens (including phenoxy) is 5. The highest BCUT2D eigenvalue weighted by molar-refractivity contribution is 6.31. The molecule has 0 amide bonds. The van der Waals surface area contributed by atoms with Gasteiger partial charge in [-0.1, -0.05) is 17.7 Å². The zero-order valence-corrected chi connectivity index (χ0v) is 20.6. The first-order chi connectivity index (χ1) is 16.3. The van der Waals surface area contributed by atoms with E-state index in [0.29, 0.717) is 33.5 Å². The predicted molar refractivity (Wildman–Crippen MR) is 128 cm³/mol. The van der Waals surface area contributed by atoms with E-state index in [1.807, 2.05) is 19.1 Å². The number of methoxy groups -OCH3 is 5. The number of esters is 2. The Labute approximate surface area is 203 Å². The molecule has 2 aromatic rings. The molecule has 1 aliphatic rings. The van der Waals surface area contributed by atoms with Crippen molar-refractivity contribution >= 4 is 29.2 Å². The molecule has 2 aromatic carbocycles. The van der Waals surface area contributed by atoms with Crippen molar-refractivity contribution in [2.75, 3.05) is 40.4 Å². The fourth-order valence-corrected chi connectivity index (χ4v) is 3.91. The highest BCUT2D eigenvalue weighted by atomic mass is 35.5. The minimum atomic E-state index is -0.869. The monoisotopic (exact) mass is 487 g/mol. The third kappa shape index (κ3) is 4.68. The van der Waals surface area contributed by atoms with Crippen LogP contribution in [0.5, 0.6) is 17.2 Å². The Morgan fingerprint density at radius 2 is 1.32 bits per heavy atom. The summed E-state index contributed by atoms with van der Waals surface area (Å²) >= 11 is 6.32. The Balaban J connectivity index is 2.29. The van der Waals surface area contributed by atoms with E-state index in [-0.39, 0.29) is 11.1 Å². The summed E-state index contributed by atoms with van der Waals surface area (Å²) < 4.78 is 26.5. The molecule has 0 atom stereocenters. The lowest BCUT2D eigenvalue weighted by atomic mass is 9.82. The number of aryl methyl sites for hydroxylation is 1. The van der Waals surface area contributed by atoms with Crippen LogP contribution in [0.2, 0.25) is 5.02 Å². The van der Waals surface area contributed by atoms with Crippen LogP contribution in [-0.2, 0) is 19.1 Å². The molecule has 0 aliphatic carbocycles. The topological polar surface area (TPSA) is 83.5 Å². The van der Waals surface area contributed by atoms with Gasteiger partial charge >= 0.3 is 11.9 Å². The average molecular weight is 488 g/mol. The predicted octanol–water partition coefficient (Wildman–Crippen LogP) is 4.39. The quantitative estimate of drug-likeness (QED) is 0.532. The van der Waals surface area contributed by atoms with Crippen molar-refractivity contribution in [3.8, 4) is 17.2 Å². The van der Waals surface area contributed by atoms with E-state index in [1.54, 1.807) is 35.5 Å². The van der Waals surface area contributed by atoms with Gasteiger partial charge < -0.3 is 28.6 Å². The first-order valence-electron chi connectivity index (χ1n) is 10.2. The Kier molecular flexibility index (Phi) is 7.73. The third-order valence-electron chi connectivity index (χ3n) is 5.52. The molecule has 0 N–H and O–H groups in total. The van der Waals surface area contributed by atoms with Gasteiger partial charge in [0.2, 0.25) is 0 Å². The van der Waals surface area contributed by atoms with Crippen molar-refractivity contribution in [3.63, 3.8) is 0 Å². The molecular weight excluding hydrogens is 462 g/mol. The number of carbonyl (C=O) groups excluding carboxylic acids is 2. The molecule has 9 heteroatoms. The molecule has 0 unspecified atom stereocenters. The molecule has 3 rings (SSSR count). The second-order valence-electron chi connectivity index (χ2n) is 7.37. The number of halogens is 1. The number of carbonyl (C=O) groups is 2. The zero-order chi connectivity index (χ0) is 25.0. The third-order valence-corrected chi connectivity index (χ3v) is 5.93. The van der Waals surface area contributed by atoms with E-state index in [0.717, 1.165) is 5.56 Å². The molecule has 180 valence electrons. The largest absolute Gasteiger partial charge is 0.496 e. The van der Waals surface area contributed by atoms with Crippen LogP contribution in [0.15, 0.2) is 53.9 Å². The van der Waals surface area contributed by atoms with E-state index >= 15 is 0 Å². The van der Waals surface area contributed by atoms with Crippen molar-refractivity contribution < 1.29 is 33.3 Å². The van der Waals surface area contributed by atoms with E-state index in [1.165, 1.54) is 35.5 Å². The summed E-state index contributed by atoms with van der Waals surface area (Å²) in [5, 5.41) is 0.544. The molecular formula is C25H26ClNO7. The van der Waals surface area contributed by atoms with Gasteiger partial charge in [-0.3, -0.25) is 0 Å². The van der Waals surface area contributed by atoms with Crippen LogP contribution in [-0.4, -0.2) is 47.5 Å². The van der Waals surface area contributed by atoms with Crippen molar-refractivity contribution in [1.82, 2.24) is 0 Å². The first kappa shape index (κ1) is 25.0. The fraction of sp³-hybridized carbons (Fsp3) is 0.280. The molecule has 0 aromatic heterocycles. The first-order valence-corrected chi connectivity index (χ1v) is 10.6. The van der Waals surface area contributed by atoms with Crippen LogP contribution in [0.3, 0.4) is 0 Å². The van der Waals surface area contributed by atoms with Crippen molar-refractivity contribution in [2.45, 2.75) is 12.8 Å². The summed E-state index contributed by atoms with van der Waals surface area (Å²) in [6.45, 7) is 1.88. The van der Waals surface area contributed by atoms with Crippen LogP contribution in [0.25, 0.3) is 0 Å². The zero-order valence-electron chi connectivity index (χ0n) is 19.8. The summed E-state index contributed by atoms with van der Waals surface area (Å²) in [5.41, 5.74) is 2.41. The molecule has 8 nitrogen and oxygen atoms in total. The normalized spacial score (nSPS) is 13.6. The molecule has 0 radical (unpaired) electrons. The lowest BCUT2D eigenvalue weighted by Crippen LogP contribution is -2.29. The van der Waals surface area contributed by atoms with E-state index < -0.39 is 17.9 Å². The second kappa shape index (κ2) is 10.5. The van der Waals surface area contributed by atoms with Gasteiger partial charge in [-0.25, -0.2) is 9.59 Å². The fourth-order valence-electron chi connectivity index (χ4n) is 3.74. The van der Waals surface area contributed by atoms with Crippen LogP contribution in [0.4, 0.5) is 5.69 Å². The van der Waals surface area contributed by atoms with Gasteiger partial charge in [0.1, 0.15) is 5.75 Å². The average Bonchev–Trinajstić information content (AvgIpc) is 2.87. The number of benzene rings is 2. The molecule has 0 spiro atoms. The Hall–Kier alpha value is -3.65. The van der Waals surface area contributed by atoms with Crippen molar-refractivity contribution in [3.05, 3.63) is 70.0 Å². The number of hydrogen-bond acceptors (Lipinski definition) is 8. The lowest BCUT2D eigenvalue weighted by Gasteiger charge is -2.31. The van der Waals surface area contributed by atoms with Gasteiger partial charge in [0, 0.05) is 34.7 Å². The van der Waals surface area contributed by atoms with Gasteiger partial charge in [0.05, 0.1) is 52.6 Å². The van der Waals surface area contributed by atoms with E-state index in [4.69, 9.17) is 35.3 Å². The Morgan fingerprint density at radius 3 is 1.79 bits per heavy atom. The van der Waals surface area contributed by atoms with Gasteiger partial charge in [-0.2, -0.15) is 0 Å². The maximum absolute atomic E-state index is 13.0. The highest BCUT2D eigenvalue weighted by Crippen LogP contribution is 2.46. The minimum absolute atomic E-state index is 0.188. The molecule has 0 fully saturated rings. The van der Waals surface area contributed by atoms with Crippen LogP contribution < -0.4 is 19.1 Å². The number of anilines is 1. The van der Waals surface area contributed by atoms with E-state index in [2.05, 4.69) is 0 Å². The smallest absolute Gasteiger partial charge is 0.336 e. The lowest BCUT2D eigenvalue weighted by molar-refractivity contribution is -0.137. The molecule has 0 saturated heterocycles. The van der Waals surface area contributed by atoms with Gasteiger partial charge in [-0.05, 0) is 30.7 Å². The SMILES string of the molecule is COC(=O)C1=CN(c2ccc(C)c(Cl)c2)C=C(C(=O)OC)C1c1cc(OC)c(OC)cc1OC. The maximum Gasteiger partial charge on any atom is 0.336 e. The van der Waals surface area contributed by atoms with Gasteiger partial charge in [-0.15, -0.1) is 0 Å². The number of hydrogen-bond donors (Lipinski definition) is 0. The van der Waals surface area contributed by atoms with Gasteiger partial charge in [0.15, 0.2) is 11.5 Å². The minimum Gasteiger partial charge on any atom is -0.496 e. The van der Waals surface area contributed by atoms with Crippen molar-refractivity contribution in [2.24, 2.45) is 0 Å². The molecule has 0 saturated carbocycles. The number of nitrogens with zero attached hydrogens (tertiary/aromatic N) is 1. The summed E-state index contributed by atoms with van der Waals surface area (Å²) in [6, 6.07) is 8.71. The Bertz CT molecular complexity index is 1140. The van der Waals surface area contributed by atoms with Crippen LogP contribution >= 0.6 is 11.6 Å². The molecule has 34 heavy (non-hydrogen) atoms. The Morgan fingerprint density at radius 1 is 0.794 bits per heavy atom. The van der Waals surface area contributed by atoms with Crippen LogP contribution in [0.1, 0.15) is 17.0 Å². The van der Waals surface area contributed by atoms with E-state index in [9.17, 15) is 9.59 Å². The summed E-state index contributed by atoms with van der Waals surface area (Å²) in [5.74, 6) is -0.897. The summed E-state index contributed by atoms with van der Waals surface area (Å²) in [4.78, 5) is 27.6. The molecule has 1 heterocycles. The number of rotatable bonds is 7. The summed E-state index contributed by atoms with van der Waals surface area (Å²) in [7, 11) is 7.02. The van der Waals surface area contributed by atoms with Crippen molar-refractivity contribution in [1.29, 1.82) is 0 Å². The maximum atomic E-state index is 13.0. The highest BCUT2D eigenvalue weighted by Gasteiger charge is 2.38. The van der Waals surface area contributed by atoms with Crippen LogP contribution in [0, 0.1) is 6.92 Å². The second-order valence-corrected chi connectivity index (χ2v) is 7.78. The van der Waals surface area contributed by atoms with Gasteiger partial charge in [0.25, 0.3) is 0 Å². The molecule has 1 aliphatic heterocycles. The standard InChI is InChI=1S/C25H26ClNO7/c1-14-7-8-15(9-19(14)26)27-12-17(24(28)33-5)23(18(13-27)25(29)34-6)16-10-21(31-3)22(32-4)11-20(16)30-2/h7-13,23H,1-6H3. The molecule has 0 bridgehead atoms.